The molecule has 104 valence electrons. The molecule has 0 amide bonds. The number of carbonyl (C=O) groups is 1. The zero-order valence-electron chi connectivity index (χ0n) is 11.3. The van der Waals surface area contributed by atoms with Crippen molar-refractivity contribution in [1.82, 2.24) is 5.32 Å². The van der Waals surface area contributed by atoms with Gasteiger partial charge in [0.25, 0.3) is 0 Å². The highest BCUT2D eigenvalue weighted by molar-refractivity contribution is 6.33. The number of halogens is 1. The van der Waals surface area contributed by atoms with Gasteiger partial charge in [0.15, 0.2) is 5.78 Å². The second-order valence-corrected chi connectivity index (χ2v) is 5.69. The molecule has 19 heavy (non-hydrogen) atoms. The molecule has 0 bridgehead atoms. The van der Waals surface area contributed by atoms with Crippen molar-refractivity contribution in [3.8, 4) is 0 Å². The average molecular weight is 281 g/mol. The fourth-order valence-electron chi connectivity index (χ4n) is 2.75. The number of hydrogen-bond acceptors (Lipinski definition) is 3. The second-order valence-electron chi connectivity index (χ2n) is 5.28. The monoisotopic (exact) mass is 280 g/mol. The van der Waals surface area contributed by atoms with E-state index in [-0.39, 0.29) is 5.78 Å². The smallest absolute Gasteiger partial charge is 0.182 e. The Morgan fingerprint density at radius 2 is 2.32 bits per heavy atom. The van der Waals surface area contributed by atoms with Crippen LogP contribution in [0.15, 0.2) is 18.2 Å². The zero-order chi connectivity index (χ0) is 13.9. The molecule has 1 fully saturated rings. The number of unbranched alkanes of at least 4 members (excludes halogenated alkanes) is 1. The first-order valence-electron chi connectivity index (χ1n) is 6.94. The van der Waals surface area contributed by atoms with Crippen LogP contribution in [0.1, 0.15) is 49.4 Å². The highest BCUT2D eigenvalue weighted by Crippen LogP contribution is 2.31. The van der Waals surface area contributed by atoms with Crippen molar-refractivity contribution < 1.29 is 4.79 Å². The fourth-order valence-corrected chi connectivity index (χ4v) is 2.93. The van der Waals surface area contributed by atoms with Crippen molar-refractivity contribution in [2.24, 2.45) is 0 Å². The molecule has 1 aliphatic heterocycles. The predicted octanol–water partition coefficient (Wildman–Crippen LogP) is 3.42. The van der Waals surface area contributed by atoms with E-state index in [4.69, 9.17) is 17.3 Å². The Morgan fingerprint density at radius 3 is 2.89 bits per heavy atom. The minimum Gasteiger partial charge on any atom is -0.398 e. The molecule has 1 unspecified atom stereocenters. The van der Waals surface area contributed by atoms with Crippen LogP contribution in [0, 0.1) is 0 Å². The van der Waals surface area contributed by atoms with Gasteiger partial charge in [0, 0.05) is 5.56 Å². The predicted molar refractivity (Wildman–Crippen MR) is 79.7 cm³/mol. The summed E-state index contributed by atoms with van der Waals surface area (Å²) in [7, 11) is 0. The van der Waals surface area contributed by atoms with Gasteiger partial charge in [-0.15, -0.1) is 0 Å². The Labute approximate surface area is 119 Å². The Hall–Kier alpha value is -1.06. The number of nitrogens with one attached hydrogen (secondary N) is 1. The number of hydrogen-bond donors (Lipinski definition) is 2. The van der Waals surface area contributed by atoms with E-state index >= 15 is 0 Å². The summed E-state index contributed by atoms with van der Waals surface area (Å²) in [6, 6.07) is 5.17. The molecule has 2 rings (SSSR count). The average Bonchev–Trinajstić information content (AvgIpc) is 2.89. The SMILES string of the molecule is CCCCC1(C(=O)c2ccc(N)c(Cl)c2)CCCN1. The second kappa shape index (κ2) is 5.93. The summed E-state index contributed by atoms with van der Waals surface area (Å²) in [5.74, 6) is 0.153. The zero-order valence-corrected chi connectivity index (χ0v) is 12.1. The van der Waals surface area contributed by atoms with Crippen molar-refractivity contribution in [2.75, 3.05) is 12.3 Å². The number of benzene rings is 1. The van der Waals surface area contributed by atoms with Crippen LogP contribution in [0.3, 0.4) is 0 Å². The van der Waals surface area contributed by atoms with E-state index in [0.29, 0.717) is 16.3 Å². The van der Waals surface area contributed by atoms with Gasteiger partial charge in [0.05, 0.1) is 16.2 Å². The highest BCUT2D eigenvalue weighted by atomic mass is 35.5. The van der Waals surface area contributed by atoms with Crippen LogP contribution in [0.4, 0.5) is 5.69 Å². The van der Waals surface area contributed by atoms with E-state index in [1.165, 1.54) is 0 Å². The van der Waals surface area contributed by atoms with E-state index < -0.39 is 5.54 Å². The third kappa shape index (κ3) is 2.93. The maximum absolute atomic E-state index is 12.8. The molecular formula is C15H21ClN2O. The van der Waals surface area contributed by atoms with Crippen molar-refractivity contribution in [3.05, 3.63) is 28.8 Å². The number of ketones is 1. The van der Waals surface area contributed by atoms with Gasteiger partial charge in [-0.1, -0.05) is 31.4 Å². The van der Waals surface area contributed by atoms with E-state index in [2.05, 4.69) is 12.2 Å². The minimum atomic E-state index is -0.393. The van der Waals surface area contributed by atoms with Gasteiger partial charge >= 0.3 is 0 Å². The first-order chi connectivity index (χ1) is 9.09. The summed E-state index contributed by atoms with van der Waals surface area (Å²) < 4.78 is 0. The van der Waals surface area contributed by atoms with Gasteiger partial charge in [-0.2, -0.15) is 0 Å². The molecule has 0 saturated carbocycles. The molecule has 1 saturated heterocycles. The van der Waals surface area contributed by atoms with Crippen molar-refractivity contribution in [1.29, 1.82) is 0 Å². The summed E-state index contributed by atoms with van der Waals surface area (Å²) in [5.41, 5.74) is 6.47. The highest BCUT2D eigenvalue weighted by Gasteiger charge is 2.40. The van der Waals surface area contributed by atoms with Gasteiger partial charge in [-0.05, 0) is 44.0 Å². The molecule has 1 aromatic carbocycles. The summed E-state index contributed by atoms with van der Waals surface area (Å²) >= 11 is 6.02. The van der Waals surface area contributed by atoms with Crippen molar-refractivity contribution >= 4 is 23.1 Å². The van der Waals surface area contributed by atoms with E-state index in [0.717, 1.165) is 38.6 Å². The molecule has 1 aliphatic rings. The normalized spacial score (nSPS) is 22.6. The molecule has 1 heterocycles. The third-order valence-electron chi connectivity index (χ3n) is 3.90. The summed E-state index contributed by atoms with van der Waals surface area (Å²) in [4.78, 5) is 12.8. The lowest BCUT2D eigenvalue weighted by Crippen LogP contribution is -2.47. The van der Waals surface area contributed by atoms with E-state index in [1.807, 2.05) is 0 Å². The first kappa shape index (κ1) is 14.4. The van der Waals surface area contributed by atoms with Crippen LogP contribution >= 0.6 is 11.6 Å². The van der Waals surface area contributed by atoms with Crippen LogP contribution < -0.4 is 11.1 Å². The molecule has 1 atom stereocenters. The maximum atomic E-state index is 12.8. The quantitative estimate of drug-likeness (QED) is 0.642. The number of nitrogen functional groups attached to an aromatic ring is 1. The van der Waals surface area contributed by atoms with Crippen LogP contribution in [0.2, 0.25) is 5.02 Å². The van der Waals surface area contributed by atoms with E-state index in [1.54, 1.807) is 18.2 Å². The molecule has 3 N–H and O–H groups in total. The lowest BCUT2D eigenvalue weighted by molar-refractivity contribution is 0.0856. The number of nitrogens with two attached hydrogens (primary N) is 1. The van der Waals surface area contributed by atoms with Gasteiger partial charge in [0.2, 0.25) is 0 Å². The fraction of sp³-hybridized carbons (Fsp3) is 0.533. The molecule has 0 aliphatic carbocycles. The van der Waals surface area contributed by atoms with Gasteiger partial charge in [-0.3, -0.25) is 4.79 Å². The van der Waals surface area contributed by atoms with Gasteiger partial charge < -0.3 is 11.1 Å². The summed E-state index contributed by atoms with van der Waals surface area (Å²) in [5, 5.41) is 3.87. The van der Waals surface area contributed by atoms with Gasteiger partial charge in [-0.25, -0.2) is 0 Å². The summed E-state index contributed by atoms with van der Waals surface area (Å²) in [6.45, 7) is 3.06. The first-order valence-corrected chi connectivity index (χ1v) is 7.32. The largest absolute Gasteiger partial charge is 0.398 e. The van der Waals surface area contributed by atoms with Crippen molar-refractivity contribution in [3.63, 3.8) is 0 Å². The topological polar surface area (TPSA) is 55.1 Å². The standard InChI is InChI=1S/C15H21ClN2O/c1-2-3-7-15(8-4-9-18-15)14(19)11-5-6-13(17)12(16)10-11/h5-6,10,18H,2-4,7-9,17H2,1H3. The molecule has 0 radical (unpaired) electrons. The van der Waals surface area contributed by atoms with Crippen LogP contribution in [0.5, 0.6) is 0 Å². The van der Waals surface area contributed by atoms with E-state index in [9.17, 15) is 4.79 Å². The minimum absolute atomic E-state index is 0.153. The Balaban J connectivity index is 2.26. The Morgan fingerprint density at radius 1 is 1.53 bits per heavy atom. The van der Waals surface area contributed by atoms with Crippen molar-refractivity contribution in [2.45, 2.75) is 44.6 Å². The van der Waals surface area contributed by atoms with Gasteiger partial charge in [0.1, 0.15) is 0 Å². The number of rotatable bonds is 5. The number of anilines is 1. The Kier molecular flexibility index (Phi) is 4.48. The molecule has 3 nitrogen and oxygen atoms in total. The Bertz CT molecular complexity index is 467. The molecule has 0 aromatic heterocycles. The molecule has 1 aromatic rings. The van der Waals surface area contributed by atoms with Crippen LogP contribution in [-0.4, -0.2) is 17.9 Å². The molecule has 0 spiro atoms. The number of Topliss-reactive ketones (excluding diaryl/α,β-unsaturated/α-hetero) is 1. The molecule has 4 heteroatoms. The lowest BCUT2D eigenvalue weighted by Gasteiger charge is -2.28. The third-order valence-corrected chi connectivity index (χ3v) is 4.23. The lowest BCUT2D eigenvalue weighted by atomic mass is 9.83. The van der Waals surface area contributed by atoms with Crippen LogP contribution in [-0.2, 0) is 0 Å². The van der Waals surface area contributed by atoms with Crippen LogP contribution in [0.25, 0.3) is 0 Å². The summed E-state index contributed by atoms with van der Waals surface area (Å²) in [6.07, 6.45) is 5.01. The maximum Gasteiger partial charge on any atom is 0.182 e. The number of carbonyl (C=O) groups excluding carboxylic acids is 1. The molecular weight excluding hydrogens is 260 g/mol.